The molecule has 0 bridgehead atoms. The van der Waals surface area contributed by atoms with Crippen LogP contribution in [0.1, 0.15) is 56.0 Å². The first-order valence-electron chi connectivity index (χ1n) is 8.64. The normalized spacial score (nSPS) is 24.5. The van der Waals surface area contributed by atoms with Gasteiger partial charge in [-0.15, -0.1) is 0 Å². The second-order valence-corrected chi connectivity index (χ2v) is 8.18. The summed E-state index contributed by atoms with van der Waals surface area (Å²) in [5.74, 6) is 0.225. The van der Waals surface area contributed by atoms with Gasteiger partial charge in [0.25, 0.3) is 0 Å². The van der Waals surface area contributed by atoms with Gasteiger partial charge >= 0.3 is 0 Å². The summed E-state index contributed by atoms with van der Waals surface area (Å²) in [6, 6.07) is 9.82. The third-order valence-electron chi connectivity index (χ3n) is 5.68. The van der Waals surface area contributed by atoms with Crippen LogP contribution in [0, 0.1) is 16.7 Å². The first kappa shape index (κ1) is 15.8. The van der Waals surface area contributed by atoms with Crippen LogP contribution in [0.2, 0.25) is 0 Å². The highest BCUT2D eigenvalue weighted by Gasteiger charge is 2.47. The number of nitrogens with zero attached hydrogens (tertiary/aromatic N) is 2. The zero-order valence-corrected chi connectivity index (χ0v) is 14.8. The predicted octanol–water partition coefficient (Wildman–Crippen LogP) is 3.83. The minimum absolute atomic E-state index is 0.0111. The zero-order chi connectivity index (χ0) is 17.8. The van der Waals surface area contributed by atoms with E-state index in [-0.39, 0.29) is 11.2 Å². The minimum atomic E-state index is -0.559. The van der Waals surface area contributed by atoms with E-state index in [4.69, 9.17) is 0 Å². The Kier molecular flexibility index (Phi) is 3.27. The molecule has 4 rings (SSSR count). The molecule has 0 aliphatic heterocycles. The van der Waals surface area contributed by atoms with Gasteiger partial charge in [-0.1, -0.05) is 31.6 Å². The van der Waals surface area contributed by atoms with Gasteiger partial charge in [-0.2, -0.15) is 10.4 Å². The van der Waals surface area contributed by atoms with Crippen LogP contribution in [0.25, 0.3) is 0 Å². The molecule has 2 aliphatic carbocycles. The van der Waals surface area contributed by atoms with Gasteiger partial charge in [-0.05, 0) is 36.5 Å². The molecule has 0 saturated carbocycles. The molecule has 1 N–H and O–H groups in total. The van der Waals surface area contributed by atoms with Crippen molar-refractivity contribution in [1.82, 2.24) is 10.2 Å². The highest BCUT2D eigenvalue weighted by molar-refractivity contribution is 6.01. The van der Waals surface area contributed by atoms with E-state index < -0.39 is 5.41 Å². The third-order valence-corrected chi connectivity index (χ3v) is 5.68. The molecular formula is C21H21N3O. The fourth-order valence-electron chi connectivity index (χ4n) is 4.66. The lowest BCUT2D eigenvalue weighted by molar-refractivity contribution is -0.118. The van der Waals surface area contributed by atoms with Crippen molar-refractivity contribution in [2.24, 2.45) is 5.41 Å². The van der Waals surface area contributed by atoms with Crippen molar-refractivity contribution in [3.05, 3.63) is 64.0 Å². The fourth-order valence-corrected chi connectivity index (χ4v) is 4.66. The van der Waals surface area contributed by atoms with E-state index in [0.717, 1.165) is 35.2 Å². The largest absolute Gasteiger partial charge is 0.294 e. The Morgan fingerprint density at radius 2 is 2.04 bits per heavy atom. The topological polar surface area (TPSA) is 69.5 Å². The molecule has 1 aromatic heterocycles. The Labute approximate surface area is 147 Å². The number of hydrogen-bond donors (Lipinski definition) is 1. The van der Waals surface area contributed by atoms with Gasteiger partial charge in [0, 0.05) is 35.1 Å². The summed E-state index contributed by atoms with van der Waals surface area (Å²) in [5.41, 5.74) is 5.27. The lowest BCUT2D eigenvalue weighted by atomic mass is 9.58. The van der Waals surface area contributed by atoms with E-state index in [1.54, 1.807) is 6.07 Å². The molecule has 1 heterocycles. The Morgan fingerprint density at radius 3 is 2.80 bits per heavy atom. The number of ketones is 1. The van der Waals surface area contributed by atoms with Gasteiger partial charge in [-0.25, -0.2) is 0 Å². The minimum Gasteiger partial charge on any atom is -0.294 e. The van der Waals surface area contributed by atoms with Gasteiger partial charge in [0.2, 0.25) is 0 Å². The van der Waals surface area contributed by atoms with Crippen LogP contribution in [0.5, 0.6) is 0 Å². The summed E-state index contributed by atoms with van der Waals surface area (Å²) in [6.45, 7) is 6.41. The van der Waals surface area contributed by atoms with Gasteiger partial charge in [0.15, 0.2) is 5.78 Å². The van der Waals surface area contributed by atoms with Crippen LogP contribution >= 0.6 is 0 Å². The van der Waals surface area contributed by atoms with E-state index in [2.05, 4.69) is 37.0 Å². The number of hydrogen-bond acceptors (Lipinski definition) is 3. The van der Waals surface area contributed by atoms with E-state index in [0.29, 0.717) is 12.0 Å². The Bertz CT molecular complexity index is 958. The first-order valence-corrected chi connectivity index (χ1v) is 8.64. The van der Waals surface area contributed by atoms with Gasteiger partial charge in [-0.3, -0.25) is 9.89 Å². The number of H-pyrrole nitrogens is 1. The van der Waals surface area contributed by atoms with Crippen LogP contribution in [-0.2, 0) is 16.6 Å². The molecule has 2 aliphatic rings. The second-order valence-electron chi connectivity index (χ2n) is 8.18. The average Bonchev–Trinajstić information content (AvgIpc) is 3.02. The Morgan fingerprint density at radius 1 is 1.24 bits per heavy atom. The molecule has 0 radical (unpaired) electrons. The van der Waals surface area contributed by atoms with Gasteiger partial charge in [0.1, 0.15) is 0 Å². The smallest absolute Gasteiger partial charge is 0.160 e. The number of aromatic amines is 1. The lowest BCUT2D eigenvalue weighted by Gasteiger charge is -2.43. The monoisotopic (exact) mass is 331 g/mol. The molecule has 1 atom stereocenters. The van der Waals surface area contributed by atoms with Crippen LogP contribution in [0.3, 0.4) is 0 Å². The second kappa shape index (κ2) is 5.16. The number of fused-ring (bicyclic) bond motifs is 1. The number of carbonyl (C=O) groups excluding carboxylic acids is 1. The standard InChI is InChI=1S/C21H21N3O/c1-20(2)9-14-8-17-16(12-23-24-17)21(3,19(14)18(25)10-20)15-6-4-5-13(7-15)11-22/h4-7,12H,8-10H2,1-3H3,(H,23,24). The molecule has 1 aromatic carbocycles. The number of aromatic nitrogens is 2. The number of nitrogens with one attached hydrogen (secondary N) is 1. The summed E-state index contributed by atoms with van der Waals surface area (Å²) in [7, 11) is 0. The quantitative estimate of drug-likeness (QED) is 0.863. The lowest BCUT2D eigenvalue weighted by Crippen LogP contribution is -2.40. The van der Waals surface area contributed by atoms with Crippen LogP contribution in [0.15, 0.2) is 41.6 Å². The predicted molar refractivity (Wildman–Crippen MR) is 95.0 cm³/mol. The highest BCUT2D eigenvalue weighted by Crippen LogP contribution is 2.51. The molecule has 25 heavy (non-hydrogen) atoms. The number of nitriles is 1. The summed E-state index contributed by atoms with van der Waals surface area (Å²) in [4.78, 5) is 13.2. The van der Waals surface area contributed by atoms with E-state index >= 15 is 0 Å². The van der Waals surface area contributed by atoms with Gasteiger partial charge in [0.05, 0.1) is 17.8 Å². The zero-order valence-electron chi connectivity index (χ0n) is 14.8. The highest BCUT2D eigenvalue weighted by atomic mass is 16.1. The average molecular weight is 331 g/mol. The number of allylic oxidation sites excluding steroid dienone is 2. The molecule has 126 valence electrons. The van der Waals surface area contributed by atoms with Crippen molar-refractivity contribution in [2.45, 2.75) is 45.4 Å². The molecule has 0 fully saturated rings. The van der Waals surface area contributed by atoms with Crippen molar-refractivity contribution in [3.8, 4) is 6.07 Å². The van der Waals surface area contributed by atoms with Crippen molar-refractivity contribution >= 4 is 5.78 Å². The molecule has 2 aromatic rings. The van der Waals surface area contributed by atoms with Crippen LogP contribution in [0.4, 0.5) is 0 Å². The SMILES string of the molecule is CC1(C)CC(=O)C2=C(Cc3[nH]ncc3C2(C)c2cccc(C#N)c2)C1. The first-order chi connectivity index (χ1) is 11.8. The molecule has 1 unspecified atom stereocenters. The summed E-state index contributed by atoms with van der Waals surface area (Å²) in [6.07, 6.45) is 4.07. The maximum Gasteiger partial charge on any atom is 0.160 e. The molecule has 0 spiro atoms. The van der Waals surface area contributed by atoms with E-state index in [1.807, 2.05) is 24.4 Å². The molecular weight excluding hydrogens is 310 g/mol. The fraction of sp³-hybridized carbons (Fsp3) is 0.381. The van der Waals surface area contributed by atoms with Crippen LogP contribution in [-0.4, -0.2) is 16.0 Å². The van der Waals surface area contributed by atoms with Crippen molar-refractivity contribution < 1.29 is 4.79 Å². The van der Waals surface area contributed by atoms with Crippen molar-refractivity contribution in [2.75, 3.05) is 0 Å². The van der Waals surface area contributed by atoms with Crippen molar-refractivity contribution in [3.63, 3.8) is 0 Å². The molecule has 0 saturated heterocycles. The van der Waals surface area contributed by atoms with Gasteiger partial charge < -0.3 is 0 Å². The summed E-state index contributed by atoms with van der Waals surface area (Å²) >= 11 is 0. The third kappa shape index (κ3) is 2.26. The maximum absolute atomic E-state index is 13.2. The van der Waals surface area contributed by atoms with Crippen molar-refractivity contribution in [1.29, 1.82) is 5.26 Å². The van der Waals surface area contributed by atoms with Crippen LogP contribution < -0.4 is 0 Å². The summed E-state index contributed by atoms with van der Waals surface area (Å²) in [5, 5.41) is 16.7. The number of Topliss-reactive ketones (excluding diaryl/α,β-unsaturated/α-hetero) is 1. The molecule has 0 amide bonds. The summed E-state index contributed by atoms with van der Waals surface area (Å²) < 4.78 is 0. The van der Waals surface area contributed by atoms with E-state index in [9.17, 15) is 10.1 Å². The number of carbonyl (C=O) groups is 1. The Hall–Kier alpha value is -2.67. The van der Waals surface area contributed by atoms with E-state index in [1.165, 1.54) is 5.57 Å². The Balaban J connectivity index is 2.00. The maximum atomic E-state index is 13.2. The molecule has 4 heteroatoms. The number of rotatable bonds is 1. The molecule has 4 nitrogen and oxygen atoms in total. The number of benzene rings is 1.